The van der Waals surface area contributed by atoms with Crippen LogP contribution in [-0.4, -0.2) is 13.5 Å². The van der Waals surface area contributed by atoms with Crippen molar-refractivity contribution in [1.82, 2.24) is 0 Å². The summed E-state index contributed by atoms with van der Waals surface area (Å²) in [6.45, 7) is 3.57. The monoisotopic (exact) mass is 305 g/mol. The van der Waals surface area contributed by atoms with Crippen LogP contribution in [0.4, 0.5) is 5.69 Å². The zero-order valence-electron chi connectivity index (χ0n) is 12.1. The minimum absolute atomic E-state index is 0.184. The molecule has 0 aromatic heterocycles. The first kappa shape index (κ1) is 15.5. The molecule has 0 heterocycles. The number of benzene rings is 2. The van der Waals surface area contributed by atoms with Crippen LogP contribution in [-0.2, 0) is 23.1 Å². The van der Waals surface area contributed by atoms with E-state index in [1.165, 1.54) is 6.07 Å². The lowest BCUT2D eigenvalue weighted by Crippen LogP contribution is -2.16. The van der Waals surface area contributed by atoms with Gasteiger partial charge in [-0.05, 0) is 42.2 Å². The van der Waals surface area contributed by atoms with Crippen molar-refractivity contribution in [3.05, 3.63) is 59.2 Å². The van der Waals surface area contributed by atoms with Gasteiger partial charge in [0.1, 0.15) is 0 Å². The van der Waals surface area contributed by atoms with Gasteiger partial charge in [0.05, 0.1) is 17.2 Å². The summed E-state index contributed by atoms with van der Waals surface area (Å²) in [5.41, 5.74) is 2.73. The summed E-state index contributed by atoms with van der Waals surface area (Å²) in [6.07, 6.45) is 0.607. The minimum Gasteiger partial charge on any atom is -0.392 e. The number of nitrogens with one attached hydrogen (secondary N) is 1. The summed E-state index contributed by atoms with van der Waals surface area (Å²) in [5.74, 6) is 0. The first-order chi connectivity index (χ1) is 9.97. The molecule has 0 saturated heterocycles. The molecule has 2 aromatic rings. The molecule has 0 radical (unpaired) electrons. The molecule has 0 aliphatic rings. The fourth-order valence-electron chi connectivity index (χ4n) is 2.13. The summed E-state index contributed by atoms with van der Waals surface area (Å²) in [6, 6.07) is 12.2. The van der Waals surface area contributed by atoms with E-state index in [1.807, 2.05) is 26.0 Å². The Labute approximate surface area is 125 Å². The molecule has 112 valence electrons. The number of aliphatic hydroxyl groups excluding tert-OH is 1. The second-order valence-electron chi connectivity index (χ2n) is 4.87. The molecule has 21 heavy (non-hydrogen) atoms. The molecule has 0 atom stereocenters. The van der Waals surface area contributed by atoms with E-state index in [4.69, 9.17) is 0 Å². The van der Waals surface area contributed by atoms with Crippen LogP contribution in [0.2, 0.25) is 0 Å². The molecule has 0 fully saturated rings. The number of hydrogen-bond donors (Lipinski definition) is 2. The SMILES string of the molecule is CCc1ccc(CO)cc1S(=O)(=O)Nc1ccccc1C. The van der Waals surface area contributed by atoms with Crippen LogP contribution in [0.1, 0.15) is 23.6 Å². The van der Waals surface area contributed by atoms with Gasteiger partial charge in [-0.15, -0.1) is 0 Å². The highest BCUT2D eigenvalue weighted by Crippen LogP contribution is 2.23. The van der Waals surface area contributed by atoms with E-state index in [0.29, 0.717) is 17.7 Å². The number of sulfonamides is 1. The van der Waals surface area contributed by atoms with Crippen molar-refractivity contribution in [2.24, 2.45) is 0 Å². The molecule has 5 heteroatoms. The molecule has 0 amide bonds. The van der Waals surface area contributed by atoms with E-state index in [1.54, 1.807) is 24.3 Å². The number of para-hydroxylation sites is 1. The second kappa shape index (κ2) is 6.28. The van der Waals surface area contributed by atoms with E-state index in [2.05, 4.69) is 4.72 Å². The van der Waals surface area contributed by atoms with Crippen molar-refractivity contribution >= 4 is 15.7 Å². The Balaban J connectivity index is 2.46. The molecule has 2 rings (SSSR count). The van der Waals surface area contributed by atoms with Crippen LogP contribution in [0.3, 0.4) is 0 Å². The lowest BCUT2D eigenvalue weighted by molar-refractivity contribution is 0.281. The second-order valence-corrected chi connectivity index (χ2v) is 6.52. The summed E-state index contributed by atoms with van der Waals surface area (Å²) >= 11 is 0. The normalized spacial score (nSPS) is 11.4. The van der Waals surface area contributed by atoms with Crippen LogP contribution >= 0.6 is 0 Å². The third-order valence-corrected chi connectivity index (χ3v) is 4.82. The van der Waals surface area contributed by atoms with Crippen molar-refractivity contribution in [3.8, 4) is 0 Å². The highest BCUT2D eigenvalue weighted by atomic mass is 32.2. The van der Waals surface area contributed by atoms with Crippen molar-refractivity contribution in [2.45, 2.75) is 31.8 Å². The van der Waals surface area contributed by atoms with Crippen LogP contribution in [0.25, 0.3) is 0 Å². The van der Waals surface area contributed by atoms with E-state index >= 15 is 0 Å². The highest BCUT2D eigenvalue weighted by Gasteiger charge is 2.19. The van der Waals surface area contributed by atoms with Gasteiger partial charge in [-0.3, -0.25) is 4.72 Å². The number of aryl methyl sites for hydroxylation is 2. The van der Waals surface area contributed by atoms with E-state index < -0.39 is 10.0 Å². The maximum absolute atomic E-state index is 12.6. The fourth-order valence-corrected chi connectivity index (χ4v) is 3.62. The van der Waals surface area contributed by atoms with Gasteiger partial charge in [0.15, 0.2) is 0 Å². The molecule has 0 saturated carbocycles. The van der Waals surface area contributed by atoms with Crippen LogP contribution < -0.4 is 4.72 Å². The van der Waals surface area contributed by atoms with Gasteiger partial charge in [0.2, 0.25) is 0 Å². The van der Waals surface area contributed by atoms with Crippen LogP contribution in [0.5, 0.6) is 0 Å². The molecule has 0 unspecified atom stereocenters. The predicted molar refractivity (Wildman–Crippen MR) is 83.7 cm³/mol. The average Bonchev–Trinajstić information content (AvgIpc) is 2.48. The molecular formula is C16H19NO3S. The smallest absolute Gasteiger partial charge is 0.262 e. The number of rotatable bonds is 5. The maximum atomic E-state index is 12.6. The van der Waals surface area contributed by atoms with Crippen LogP contribution in [0, 0.1) is 6.92 Å². The Morgan fingerprint density at radius 3 is 2.48 bits per heavy atom. The predicted octanol–water partition coefficient (Wildman–Crippen LogP) is 2.85. The molecule has 0 bridgehead atoms. The molecular weight excluding hydrogens is 286 g/mol. The lowest BCUT2D eigenvalue weighted by atomic mass is 10.1. The largest absolute Gasteiger partial charge is 0.392 e. The topological polar surface area (TPSA) is 66.4 Å². The Morgan fingerprint density at radius 1 is 1.14 bits per heavy atom. The zero-order chi connectivity index (χ0) is 15.5. The standard InChI is InChI=1S/C16H19NO3S/c1-3-14-9-8-13(11-18)10-16(14)21(19,20)17-15-7-5-4-6-12(15)2/h4-10,17-18H,3,11H2,1-2H3. The van der Waals surface area contributed by atoms with Gasteiger partial charge >= 0.3 is 0 Å². The van der Waals surface area contributed by atoms with Crippen molar-refractivity contribution in [1.29, 1.82) is 0 Å². The van der Waals surface area contributed by atoms with Gasteiger partial charge in [-0.1, -0.05) is 37.3 Å². The summed E-state index contributed by atoms with van der Waals surface area (Å²) < 4.78 is 27.8. The Kier molecular flexibility index (Phi) is 4.65. The third kappa shape index (κ3) is 3.43. The number of hydrogen-bond acceptors (Lipinski definition) is 3. The van der Waals surface area contributed by atoms with E-state index in [9.17, 15) is 13.5 Å². The molecule has 0 aliphatic carbocycles. The van der Waals surface area contributed by atoms with Gasteiger partial charge in [0.25, 0.3) is 10.0 Å². The maximum Gasteiger partial charge on any atom is 0.262 e. The highest BCUT2D eigenvalue weighted by molar-refractivity contribution is 7.92. The van der Waals surface area contributed by atoms with Crippen molar-refractivity contribution < 1.29 is 13.5 Å². The lowest BCUT2D eigenvalue weighted by Gasteiger charge is -2.14. The van der Waals surface area contributed by atoms with Crippen LogP contribution in [0.15, 0.2) is 47.4 Å². The first-order valence-electron chi connectivity index (χ1n) is 6.79. The van der Waals surface area contributed by atoms with Gasteiger partial charge in [-0.2, -0.15) is 0 Å². The number of anilines is 1. The molecule has 0 aliphatic heterocycles. The molecule has 2 N–H and O–H groups in total. The van der Waals surface area contributed by atoms with E-state index in [0.717, 1.165) is 11.1 Å². The van der Waals surface area contributed by atoms with Gasteiger partial charge in [0, 0.05) is 0 Å². The third-order valence-electron chi connectivity index (χ3n) is 3.37. The quantitative estimate of drug-likeness (QED) is 0.892. The summed E-state index contributed by atoms with van der Waals surface area (Å²) in [7, 11) is -3.67. The van der Waals surface area contributed by atoms with Crippen molar-refractivity contribution in [3.63, 3.8) is 0 Å². The van der Waals surface area contributed by atoms with E-state index in [-0.39, 0.29) is 11.5 Å². The summed E-state index contributed by atoms with van der Waals surface area (Å²) in [5, 5.41) is 9.21. The Hall–Kier alpha value is -1.85. The Morgan fingerprint density at radius 2 is 1.86 bits per heavy atom. The molecule has 0 spiro atoms. The van der Waals surface area contributed by atoms with Gasteiger partial charge in [-0.25, -0.2) is 8.42 Å². The fraction of sp³-hybridized carbons (Fsp3) is 0.250. The average molecular weight is 305 g/mol. The van der Waals surface area contributed by atoms with Gasteiger partial charge < -0.3 is 5.11 Å². The summed E-state index contributed by atoms with van der Waals surface area (Å²) in [4.78, 5) is 0.222. The zero-order valence-corrected chi connectivity index (χ0v) is 12.9. The molecule has 2 aromatic carbocycles. The first-order valence-corrected chi connectivity index (χ1v) is 8.27. The Bertz CT molecular complexity index is 739. The minimum atomic E-state index is -3.67. The van der Waals surface area contributed by atoms with Crippen molar-refractivity contribution in [2.75, 3.05) is 4.72 Å². The number of aliphatic hydroxyl groups is 1. The molecule has 4 nitrogen and oxygen atoms in total.